The zero-order valence-electron chi connectivity index (χ0n) is 17.8. The number of hydrogen-bond acceptors (Lipinski definition) is 7. The fraction of sp³-hybridized carbons (Fsp3) is 0.318. The molecular formula is C22H24N8O2. The van der Waals surface area contributed by atoms with Crippen molar-refractivity contribution in [2.45, 2.75) is 38.8 Å². The van der Waals surface area contributed by atoms with Crippen molar-refractivity contribution in [3.8, 4) is 5.88 Å². The molecule has 1 aliphatic rings. The zero-order valence-corrected chi connectivity index (χ0v) is 17.8. The van der Waals surface area contributed by atoms with E-state index < -0.39 is 5.69 Å². The van der Waals surface area contributed by atoms with E-state index in [1.807, 2.05) is 18.2 Å². The number of benzene rings is 1. The largest absolute Gasteiger partial charge is 0.493 e. The highest BCUT2D eigenvalue weighted by atomic mass is 16.3. The minimum Gasteiger partial charge on any atom is -0.493 e. The molecule has 4 aromatic rings. The smallest absolute Gasteiger partial charge is 0.326 e. The Balaban J connectivity index is 1.65. The van der Waals surface area contributed by atoms with Crippen LogP contribution in [0.3, 0.4) is 0 Å². The van der Waals surface area contributed by atoms with Crippen LogP contribution in [0.25, 0.3) is 11.7 Å². The second-order valence-electron chi connectivity index (χ2n) is 8.31. The third kappa shape index (κ3) is 3.98. The Kier molecular flexibility index (Phi) is 4.96. The van der Waals surface area contributed by atoms with Gasteiger partial charge in [0, 0.05) is 5.22 Å². The molecule has 0 amide bonds. The lowest BCUT2D eigenvalue weighted by Gasteiger charge is -2.22. The average molecular weight is 432 g/mol. The SMILES string of the molecule is CC(C)C(Nc1nc(=NC2CC2)n2nc/c(=C\c3[nH]c(=O)[nH]c3O)c2n1)c1ccccc1. The van der Waals surface area contributed by atoms with Gasteiger partial charge in [-0.15, -0.1) is 0 Å². The third-order valence-electron chi connectivity index (χ3n) is 5.37. The molecule has 5 rings (SSSR count). The molecule has 10 nitrogen and oxygen atoms in total. The predicted molar refractivity (Wildman–Crippen MR) is 119 cm³/mol. The van der Waals surface area contributed by atoms with Crippen molar-refractivity contribution in [1.82, 2.24) is 29.5 Å². The number of rotatable bonds is 6. The maximum atomic E-state index is 11.5. The molecule has 32 heavy (non-hydrogen) atoms. The number of aromatic hydroxyl groups is 1. The molecule has 3 aromatic heterocycles. The summed E-state index contributed by atoms with van der Waals surface area (Å²) in [6.45, 7) is 4.28. The van der Waals surface area contributed by atoms with E-state index >= 15 is 0 Å². The lowest BCUT2D eigenvalue weighted by atomic mass is 9.96. The first kappa shape index (κ1) is 20.0. The van der Waals surface area contributed by atoms with Gasteiger partial charge in [0.2, 0.25) is 11.8 Å². The molecule has 10 heteroatoms. The number of anilines is 1. The van der Waals surface area contributed by atoms with E-state index in [0.29, 0.717) is 28.4 Å². The van der Waals surface area contributed by atoms with Crippen LogP contribution in [0.2, 0.25) is 0 Å². The van der Waals surface area contributed by atoms with Gasteiger partial charge >= 0.3 is 5.69 Å². The molecule has 3 heterocycles. The van der Waals surface area contributed by atoms with Crippen LogP contribution in [0.15, 0.2) is 46.3 Å². The molecule has 1 unspecified atom stereocenters. The maximum Gasteiger partial charge on any atom is 0.326 e. The number of hydrogen-bond donors (Lipinski definition) is 4. The summed E-state index contributed by atoms with van der Waals surface area (Å²) in [4.78, 5) is 30.4. The van der Waals surface area contributed by atoms with Gasteiger partial charge in [-0.3, -0.25) is 4.98 Å². The van der Waals surface area contributed by atoms with E-state index in [9.17, 15) is 9.90 Å². The van der Waals surface area contributed by atoms with E-state index in [2.05, 4.69) is 51.3 Å². The normalized spacial score (nSPS) is 16.2. The Morgan fingerprint density at radius 3 is 2.66 bits per heavy atom. The Hall–Kier alpha value is -3.95. The van der Waals surface area contributed by atoms with Gasteiger partial charge in [-0.2, -0.15) is 19.6 Å². The standard InChI is InChI=1S/C22H24N8O2/c1-12(2)17(13-6-4-3-5-7-13)26-20-27-18-14(10-16-19(31)28-22(32)25-16)11-23-30(18)21(29-20)24-15-8-9-15/h3-7,10-12,15,17,31H,8-9H2,1-2H3,(H,24,26,29)(H2,25,28,32)/b14-10+. The van der Waals surface area contributed by atoms with E-state index in [1.54, 1.807) is 16.8 Å². The summed E-state index contributed by atoms with van der Waals surface area (Å²) in [6, 6.07) is 10.4. The minimum atomic E-state index is -0.491. The number of imidazole rings is 1. The van der Waals surface area contributed by atoms with Crippen molar-refractivity contribution >= 4 is 17.7 Å². The summed E-state index contributed by atoms with van der Waals surface area (Å²) in [5, 5.41) is 18.4. The van der Waals surface area contributed by atoms with Crippen molar-refractivity contribution in [3.05, 3.63) is 69.1 Å². The molecule has 1 aromatic carbocycles. The van der Waals surface area contributed by atoms with E-state index in [4.69, 9.17) is 9.98 Å². The zero-order chi connectivity index (χ0) is 22.2. The summed E-state index contributed by atoms with van der Waals surface area (Å²) < 4.78 is 1.59. The highest BCUT2D eigenvalue weighted by molar-refractivity contribution is 5.57. The average Bonchev–Trinajstić information content (AvgIpc) is 3.41. The van der Waals surface area contributed by atoms with Crippen LogP contribution in [-0.4, -0.2) is 40.7 Å². The lowest BCUT2D eigenvalue weighted by molar-refractivity contribution is 0.454. The number of nitrogens with one attached hydrogen (secondary N) is 3. The van der Waals surface area contributed by atoms with Gasteiger partial charge in [-0.05, 0) is 30.4 Å². The molecule has 4 N–H and O–H groups in total. The summed E-state index contributed by atoms with van der Waals surface area (Å²) in [6.07, 6.45) is 5.29. The van der Waals surface area contributed by atoms with Gasteiger partial charge in [-0.25, -0.2) is 9.79 Å². The molecule has 0 bridgehead atoms. The van der Waals surface area contributed by atoms with Crippen molar-refractivity contribution < 1.29 is 5.11 Å². The fourth-order valence-corrected chi connectivity index (χ4v) is 3.58. The summed E-state index contributed by atoms with van der Waals surface area (Å²) in [5.74, 6) is 0.494. The van der Waals surface area contributed by atoms with Gasteiger partial charge in [0.1, 0.15) is 5.69 Å². The number of nitrogens with zero attached hydrogens (tertiary/aromatic N) is 5. The Morgan fingerprint density at radius 2 is 2.00 bits per heavy atom. The summed E-state index contributed by atoms with van der Waals surface area (Å²) in [7, 11) is 0. The quantitative estimate of drug-likeness (QED) is 0.362. The molecule has 1 aliphatic carbocycles. The Morgan fingerprint density at radius 1 is 1.22 bits per heavy atom. The number of aromatic nitrogens is 6. The van der Waals surface area contributed by atoms with Crippen molar-refractivity contribution in [2.24, 2.45) is 10.9 Å². The van der Waals surface area contributed by atoms with Gasteiger partial charge in [-0.1, -0.05) is 44.2 Å². The molecular weight excluding hydrogens is 408 g/mol. The molecule has 164 valence electrons. The van der Waals surface area contributed by atoms with Gasteiger partial charge in [0.15, 0.2) is 5.65 Å². The number of aromatic amines is 2. The monoisotopic (exact) mass is 432 g/mol. The predicted octanol–water partition coefficient (Wildman–Crippen LogP) is 1.27. The molecule has 0 radical (unpaired) electrons. The van der Waals surface area contributed by atoms with Crippen molar-refractivity contribution in [1.29, 1.82) is 0 Å². The summed E-state index contributed by atoms with van der Waals surface area (Å²) in [5.41, 5.74) is 1.90. The molecule has 1 atom stereocenters. The minimum absolute atomic E-state index is 0.00727. The second kappa shape index (κ2) is 7.95. The van der Waals surface area contributed by atoms with Crippen LogP contribution in [-0.2, 0) is 0 Å². The number of H-pyrrole nitrogens is 2. The van der Waals surface area contributed by atoms with Gasteiger partial charge in [0.25, 0.3) is 5.62 Å². The molecule has 1 saturated carbocycles. The molecule has 0 saturated heterocycles. The van der Waals surface area contributed by atoms with Crippen molar-refractivity contribution in [2.75, 3.05) is 5.32 Å². The van der Waals surface area contributed by atoms with E-state index in [-0.39, 0.29) is 23.7 Å². The van der Waals surface area contributed by atoms with Crippen LogP contribution in [0.4, 0.5) is 5.95 Å². The van der Waals surface area contributed by atoms with Crippen LogP contribution in [0.1, 0.15) is 44.0 Å². The Bertz CT molecular complexity index is 1430. The highest BCUT2D eigenvalue weighted by Crippen LogP contribution is 2.25. The first-order valence-corrected chi connectivity index (χ1v) is 10.6. The molecule has 0 spiro atoms. The van der Waals surface area contributed by atoms with E-state index in [0.717, 1.165) is 18.4 Å². The number of fused-ring (bicyclic) bond motifs is 1. The van der Waals surface area contributed by atoms with Crippen LogP contribution in [0.5, 0.6) is 5.88 Å². The van der Waals surface area contributed by atoms with E-state index in [1.165, 1.54) is 0 Å². The Labute approximate surface area is 182 Å². The maximum absolute atomic E-state index is 11.5. The summed E-state index contributed by atoms with van der Waals surface area (Å²) >= 11 is 0. The van der Waals surface area contributed by atoms with Crippen LogP contribution < -0.4 is 21.8 Å². The van der Waals surface area contributed by atoms with Crippen molar-refractivity contribution in [3.63, 3.8) is 0 Å². The first-order valence-electron chi connectivity index (χ1n) is 10.6. The van der Waals surface area contributed by atoms with Gasteiger partial charge in [0.05, 0.1) is 18.3 Å². The third-order valence-corrected chi connectivity index (χ3v) is 5.37. The fourth-order valence-electron chi connectivity index (χ4n) is 3.58. The lowest BCUT2D eigenvalue weighted by Crippen LogP contribution is -2.27. The van der Waals surface area contributed by atoms with Gasteiger partial charge < -0.3 is 15.4 Å². The molecule has 1 fully saturated rings. The first-order chi connectivity index (χ1) is 15.5. The van der Waals surface area contributed by atoms with Crippen LogP contribution in [0, 0.1) is 5.92 Å². The molecule has 0 aliphatic heterocycles. The topological polar surface area (TPSA) is 136 Å². The highest BCUT2D eigenvalue weighted by Gasteiger charge is 2.22. The second-order valence-corrected chi connectivity index (χ2v) is 8.31. The van der Waals surface area contributed by atoms with Crippen LogP contribution >= 0.6 is 0 Å².